The first kappa shape index (κ1) is 23.8. The molecular formula is C18H18ClFN2O7P2. The Morgan fingerprint density at radius 3 is 2.03 bits per heavy atom. The van der Waals surface area contributed by atoms with Crippen LogP contribution in [-0.2, 0) is 15.6 Å². The molecule has 5 N–H and O–H groups in total. The Labute approximate surface area is 181 Å². The Kier molecular flexibility index (Phi) is 6.58. The second-order valence-electron chi connectivity index (χ2n) is 6.78. The molecule has 0 amide bonds. The SMILES string of the molecule is O=P(O)(O)C(O)(CCc1nn(-c2ccc(F)cc2)cc1-c1ccc(Cl)cc1)P(=O)(O)O. The Hall–Kier alpha value is -1.87. The van der Waals surface area contributed by atoms with Gasteiger partial charge in [-0.3, -0.25) is 9.13 Å². The summed E-state index contributed by atoms with van der Waals surface area (Å²) in [5.74, 6) is -0.456. The summed E-state index contributed by atoms with van der Waals surface area (Å²) < 4.78 is 37.9. The van der Waals surface area contributed by atoms with Crippen molar-refractivity contribution in [2.24, 2.45) is 0 Å². The number of halogens is 2. The molecular weight excluding hydrogens is 473 g/mol. The highest BCUT2D eigenvalue weighted by molar-refractivity contribution is 7.72. The van der Waals surface area contributed by atoms with Gasteiger partial charge in [-0.05, 0) is 48.4 Å². The van der Waals surface area contributed by atoms with Crippen LogP contribution < -0.4 is 0 Å². The van der Waals surface area contributed by atoms with Gasteiger partial charge in [0.25, 0.3) is 5.08 Å². The molecule has 0 spiro atoms. The van der Waals surface area contributed by atoms with Gasteiger partial charge in [-0.15, -0.1) is 0 Å². The first-order chi connectivity index (χ1) is 14.3. The van der Waals surface area contributed by atoms with Crippen molar-refractivity contribution in [1.29, 1.82) is 0 Å². The van der Waals surface area contributed by atoms with Crippen LogP contribution in [0.2, 0.25) is 5.02 Å². The van der Waals surface area contributed by atoms with E-state index in [-0.39, 0.29) is 12.1 Å². The predicted molar refractivity (Wildman–Crippen MR) is 111 cm³/mol. The van der Waals surface area contributed by atoms with E-state index >= 15 is 0 Å². The van der Waals surface area contributed by atoms with Gasteiger partial charge in [-0.2, -0.15) is 5.10 Å². The number of rotatable bonds is 7. The van der Waals surface area contributed by atoms with Crippen molar-refractivity contribution in [3.05, 3.63) is 71.3 Å². The summed E-state index contributed by atoms with van der Waals surface area (Å²) in [6, 6.07) is 11.9. The van der Waals surface area contributed by atoms with Crippen LogP contribution in [0.3, 0.4) is 0 Å². The summed E-state index contributed by atoms with van der Waals surface area (Å²) in [6.07, 6.45) is 0.237. The minimum absolute atomic E-state index is 0.201. The molecule has 9 nitrogen and oxygen atoms in total. The van der Waals surface area contributed by atoms with Gasteiger partial charge in [0.05, 0.1) is 11.4 Å². The molecule has 1 aromatic heterocycles. The summed E-state index contributed by atoms with van der Waals surface area (Å²) >= 11 is 5.91. The lowest BCUT2D eigenvalue weighted by atomic mass is 10.0. The lowest BCUT2D eigenvalue weighted by Gasteiger charge is -2.29. The number of hydrogen-bond donors (Lipinski definition) is 5. The maximum absolute atomic E-state index is 13.2. The molecule has 0 bridgehead atoms. The molecule has 3 rings (SSSR count). The lowest BCUT2D eigenvalue weighted by molar-refractivity contribution is 0.123. The van der Waals surface area contributed by atoms with Gasteiger partial charge in [-0.25, -0.2) is 9.07 Å². The van der Waals surface area contributed by atoms with E-state index in [0.717, 1.165) is 0 Å². The number of benzene rings is 2. The van der Waals surface area contributed by atoms with Gasteiger partial charge in [0, 0.05) is 23.2 Å². The largest absolute Gasteiger partial charge is 0.369 e. The van der Waals surface area contributed by atoms with Crippen molar-refractivity contribution < 1.29 is 38.2 Å². The van der Waals surface area contributed by atoms with Gasteiger partial charge >= 0.3 is 15.2 Å². The Morgan fingerprint density at radius 2 is 1.52 bits per heavy atom. The topological polar surface area (TPSA) is 153 Å². The van der Waals surface area contributed by atoms with E-state index in [4.69, 9.17) is 11.6 Å². The first-order valence-corrected chi connectivity index (χ1v) is 12.4. The number of aryl methyl sites for hydroxylation is 1. The van der Waals surface area contributed by atoms with Crippen LogP contribution in [0.25, 0.3) is 16.8 Å². The number of hydrogen-bond acceptors (Lipinski definition) is 4. The zero-order valence-corrected chi connectivity index (χ0v) is 18.3. The molecule has 0 fully saturated rings. The van der Waals surface area contributed by atoms with E-state index in [9.17, 15) is 38.2 Å². The zero-order valence-electron chi connectivity index (χ0n) is 15.7. The molecule has 0 saturated carbocycles. The summed E-state index contributed by atoms with van der Waals surface area (Å²) in [7, 11) is -11.2. The van der Waals surface area contributed by atoms with E-state index in [1.165, 1.54) is 28.9 Å². The van der Waals surface area contributed by atoms with Gasteiger partial charge in [0.2, 0.25) is 0 Å². The van der Waals surface area contributed by atoms with Crippen molar-refractivity contribution in [2.45, 2.75) is 17.9 Å². The predicted octanol–water partition coefficient (Wildman–Crippen LogP) is 3.27. The lowest BCUT2D eigenvalue weighted by Crippen LogP contribution is -2.29. The van der Waals surface area contributed by atoms with Gasteiger partial charge in [-0.1, -0.05) is 23.7 Å². The monoisotopic (exact) mass is 490 g/mol. The van der Waals surface area contributed by atoms with Gasteiger partial charge < -0.3 is 24.7 Å². The highest BCUT2D eigenvalue weighted by Crippen LogP contribution is 2.69. The summed E-state index contributed by atoms with van der Waals surface area (Å²) in [4.78, 5) is 37.5. The van der Waals surface area contributed by atoms with E-state index in [2.05, 4.69) is 5.10 Å². The second kappa shape index (κ2) is 8.58. The Bertz CT molecular complexity index is 1150. The fraction of sp³-hybridized carbons (Fsp3) is 0.167. The van der Waals surface area contributed by atoms with Crippen molar-refractivity contribution in [3.63, 3.8) is 0 Å². The van der Waals surface area contributed by atoms with E-state index in [0.29, 0.717) is 21.8 Å². The molecule has 2 aromatic carbocycles. The highest BCUT2D eigenvalue weighted by atomic mass is 35.5. The van der Waals surface area contributed by atoms with Crippen molar-refractivity contribution in [2.75, 3.05) is 0 Å². The zero-order chi connectivity index (χ0) is 23.0. The first-order valence-electron chi connectivity index (χ1n) is 8.76. The van der Waals surface area contributed by atoms with Crippen LogP contribution in [0.1, 0.15) is 12.1 Å². The number of aliphatic hydroxyl groups is 1. The average Bonchev–Trinajstić information content (AvgIpc) is 3.09. The average molecular weight is 491 g/mol. The van der Waals surface area contributed by atoms with E-state index < -0.39 is 32.5 Å². The Morgan fingerprint density at radius 1 is 0.968 bits per heavy atom. The Balaban J connectivity index is 2.05. The van der Waals surface area contributed by atoms with Crippen LogP contribution in [0.4, 0.5) is 4.39 Å². The molecule has 0 aliphatic heterocycles. The quantitative estimate of drug-likeness (QED) is 0.316. The van der Waals surface area contributed by atoms with Gasteiger partial charge in [0.15, 0.2) is 0 Å². The van der Waals surface area contributed by atoms with Crippen LogP contribution in [0, 0.1) is 5.82 Å². The summed E-state index contributed by atoms with van der Waals surface area (Å²) in [5, 5.41) is 11.4. The summed E-state index contributed by atoms with van der Waals surface area (Å²) in [5.41, 5.74) is 1.76. The van der Waals surface area contributed by atoms with Crippen molar-refractivity contribution in [3.8, 4) is 16.8 Å². The smallest absolute Gasteiger partial charge is 0.368 e. The summed E-state index contributed by atoms with van der Waals surface area (Å²) in [6.45, 7) is 0. The van der Waals surface area contributed by atoms with Crippen LogP contribution in [-0.4, -0.2) is 39.5 Å². The molecule has 0 saturated heterocycles. The fourth-order valence-electron chi connectivity index (χ4n) is 2.94. The molecule has 3 aromatic rings. The highest BCUT2D eigenvalue weighted by Gasteiger charge is 2.58. The molecule has 0 radical (unpaired) electrons. The minimum Gasteiger partial charge on any atom is -0.368 e. The molecule has 31 heavy (non-hydrogen) atoms. The third-order valence-corrected chi connectivity index (χ3v) is 8.80. The van der Waals surface area contributed by atoms with Gasteiger partial charge in [0.1, 0.15) is 5.82 Å². The maximum Gasteiger partial charge on any atom is 0.369 e. The van der Waals surface area contributed by atoms with E-state index in [1.54, 1.807) is 30.5 Å². The minimum atomic E-state index is -5.60. The second-order valence-corrected chi connectivity index (χ2v) is 11.2. The number of nitrogens with zero attached hydrogens (tertiary/aromatic N) is 2. The molecule has 0 atom stereocenters. The fourth-order valence-corrected chi connectivity index (χ4v) is 5.23. The standard InChI is InChI=1S/C18H18ClFN2O7P2/c19-13-3-1-12(2-4-13)16-11-22(15-7-5-14(20)6-8-15)21-17(16)9-10-18(23,30(24,25)26)31(27,28)29/h1-8,11,23H,9-10H2,(H2,24,25,26)(H2,27,28,29). The molecule has 1 heterocycles. The number of aromatic nitrogens is 2. The van der Waals surface area contributed by atoms with Crippen LogP contribution in [0.15, 0.2) is 54.7 Å². The van der Waals surface area contributed by atoms with Crippen LogP contribution in [0.5, 0.6) is 0 Å². The molecule has 0 aliphatic rings. The van der Waals surface area contributed by atoms with Crippen molar-refractivity contribution in [1.82, 2.24) is 9.78 Å². The molecule has 13 heteroatoms. The third kappa shape index (κ3) is 4.98. The molecule has 0 aliphatic carbocycles. The van der Waals surface area contributed by atoms with Crippen molar-refractivity contribution >= 4 is 26.8 Å². The normalized spacial score (nSPS) is 12.9. The third-order valence-electron chi connectivity index (χ3n) is 4.67. The van der Waals surface area contributed by atoms with Crippen LogP contribution >= 0.6 is 26.8 Å². The van der Waals surface area contributed by atoms with E-state index in [1.807, 2.05) is 0 Å². The molecule has 0 unspecified atom stereocenters. The maximum atomic E-state index is 13.2. The molecule has 166 valence electrons.